The third-order valence-corrected chi connectivity index (χ3v) is 3.65. The molecule has 0 saturated carbocycles. The number of fused-ring (bicyclic) bond motifs is 1. The minimum Gasteiger partial charge on any atom is -0.497 e. The molecule has 4 nitrogen and oxygen atoms in total. The van der Waals surface area contributed by atoms with Crippen molar-refractivity contribution in [3.8, 4) is 5.75 Å². The van der Waals surface area contributed by atoms with E-state index < -0.39 is 0 Å². The van der Waals surface area contributed by atoms with Gasteiger partial charge in [0.2, 0.25) is 0 Å². The molecule has 5 heteroatoms. The minimum atomic E-state index is 0.492. The molecule has 0 amide bonds. The molecule has 0 saturated heterocycles. The van der Waals surface area contributed by atoms with Crippen molar-refractivity contribution >= 4 is 22.6 Å². The molecule has 102 valence electrons. The lowest BCUT2D eigenvalue weighted by atomic mass is 10.2. The number of ether oxygens (including phenoxy) is 1. The maximum atomic E-state index is 6.10. The zero-order chi connectivity index (χ0) is 14.1. The van der Waals surface area contributed by atoms with Gasteiger partial charge in [0, 0.05) is 12.2 Å². The molecule has 0 aliphatic heterocycles. The third-order valence-electron chi connectivity index (χ3n) is 3.35. The zero-order valence-electron chi connectivity index (χ0n) is 11.3. The minimum absolute atomic E-state index is 0.492. The Balaban J connectivity index is 2.01. The van der Waals surface area contributed by atoms with E-state index in [0.717, 1.165) is 29.0 Å². The summed E-state index contributed by atoms with van der Waals surface area (Å²) in [5, 5.41) is 1.38. The lowest BCUT2D eigenvalue weighted by Crippen LogP contribution is -2.02. The second-order valence-corrected chi connectivity index (χ2v) is 4.98. The number of aryl methyl sites for hydroxylation is 1. The van der Waals surface area contributed by atoms with Gasteiger partial charge in [-0.15, -0.1) is 0 Å². The number of rotatable bonds is 3. The Labute approximate surface area is 122 Å². The smallest absolute Gasteiger partial charge is 0.145 e. The van der Waals surface area contributed by atoms with Crippen LogP contribution in [0.25, 0.3) is 11.0 Å². The molecule has 0 radical (unpaired) electrons. The maximum absolute atomic E-state index is 6.10. The van der Waals surface area contributed by atoms with E-state index in [4.69, 9.17) is 16.3 Å². The van der Waals surface area contributed by atoms with Crippen LogP contribution in [0.2, 0.25) is 5.15 Å². The number of benzene rings is 1. The van der Waals surface area contributed by atoms with Gasteiger partial charge in [-0.1, -0.05) is 23.7 Å². The van der Waals surface area contributed by atoms with Crippen molar-refractivity contribution in [2.75, 3.05) is 7.11 Å². The van der Waals surface area contributed by atoms with Gasteiger partial charge in [-0.2, -0.15) is 0 Å². The van der Waals surface area contributed by atoms with E-state index in [-0.39, 0.29) is 0 Å². The van der Waals surface area contributed by atoms with Gasteiger partial charge in [-0.25, -0.2) is 9.97 Å². The topological polar surface area (TPSA) is 39.9 Å². The van der Waals surface area contributed by atoms with Crippen molar-refractivity contribution in [1.29, 1.82) is 0 Å². The first-order valence-corrected chi connectivity index (χ1v) is 6.66. The molecule has 20 heavy (non-hydrogen) atoms. The number of hydrogen-bond donors (Lipinski definition) is 0. The van der Waals surface area contributed by atoms with Crippen molar-refractivity contribution in [2.24, 2.45) is 0 Å². The van der Waals surface area contributed by atoms with Crippen LogP contribution in [0.1, 0.15) is 11.3 Å². The van der Waals surface area contributed by atoms with E-state index in [9.17, 15) is 0 Å². The highest BCUT2D eigenvalue weighted by molar-refractivity contribution is 6.33. The Morgan fingerprint density at radius 2 is 1.95 bits per heavy atom. The van der Waals surface area contributed by atoms with Gasteiger partial charge < -0.3 is 9.30 Å². The van der Waals surface area contributed by atoms with Crippen molar-refractivity contribution < 1.29 is 4.74 Å². The predicted molar refractivity (Wildman–Crippen MR) is 79.4 cm³/mol. The van der Waals surface area contributed by atoms with Crippen LogP contribution in [-0.4, -0.2) is 21.6 Å². The monoisotopic (exact) mass is 287 g/mol. The molecule has 1 aromatic carbocycles. The average molecular weight is 288 g/mol. The standard InChI is InChI=1S/C15H14ClN3O/c1-10-7-13-14(16)17-9-18-15(13)19(10)8-11-3-5-12(20-2)6-4-11/h3-7,9H,8H2,1-2H3. The molecule has 0 bridgehead atoms. The molecule has 0 atom stereocenters. The number of nitrogens with zero attached hydrogens (tertiary/aromatic N) is 3. The lowest BCUT2D eigenvalue weighted by molar-refractivity contribution is 0.414. The summed E-state index contributed by atoms with van der Waals surface area (Å²) in [6.07, 6.45) is 1.49. The van der Waals surface area contributed by atoms with Crippen LogP contribution < -0.4 is 4.74 Å². The summed E-state index contributed by atoms with van der Waals surface area (Å²) in [6.45, 7) is 2.79. The summed E-state index contributed by atoms with van der Waals surface area (Å²) in [5.74, 6) is 0.855. The van der Waals surface area contributed by atoms with Crippen molar-refractivity contribution in [1.82, 2.24) is 14.5 Å². The number of hydrogen-bond acceptors (Lipinski definition) is 3. The number of halogens is 1. The highest BCUT2D eigenvalue weighted by Crippen LogP contribution is 2.24. The Bertz CT molecular complexity index is 750. The number of methoxy groups -OCH3 is 1. The quantitative estimate of drug-likeness (QED) is 0.693. The third kappa shape index (κ3) is 2.23. The summed E-state index contributed by atoms with van der Waals surface area (Å²) < 4.78 is 7.30. The first kappa shape index (κ1) is 12.9. The Morgan fingerprint density at radius 1 is 1.20 bits per heavy atom. The van der Waals surface area contributed by atoms with E-state index in [2.05, 4.69) is 14.5 Å². The molecule has 3 aromatic rings. The SMILES string of the molecule is COc1ccc(Cn2c(C)cc3c(Cl)ncnc32)cc1. The second-order valence-electron chi connectivity index (χ2n) is 4.62. The summed E-state index contributed by atoms with van der Waals surface area (Å²) in [7, 11) is 1.66. The average Bonchev–Trinajstić information content (AvgIpc) is 2.78. The van der Waals surface area contributed by atoms with Gasteiger partial charge in [0.1, 0.15) is 22.9 Å². The molecule has 3 rings (SSSR count). The van der Waals surface area contributed by atoms with E-state index in [1.807, 2.05) is 37.3 Å². The van der Waals surface area contributed by atoms with Crippen LogP contribution in [0.5, 0.6) is 5.75 Å². The van der Waals surface area contributed by atoms with Crippen LogP contribution in [-0.2, 0) is 6.54 Å². The summed E-state index contributed by atoms with van der Waals surface area (Å²) in [5.41, 5.74) is 3.15. The molecule has 2 aromatic heterocycles. The maximum Gasteiger partial charge on any atom is 0.145 e. The molecule has 0 spiro atoms. The van der Waals surface area contributed by atoms with Crippen LogP contribution in [0, 0.1) is 6.92 Å². The first-order chi connectivity index (χ1) is 9.69. The number of aromatic nitrogens is 3. The molecular weight excluding hydrogens is 274 g/mol. The summed E-state index contributed by atoms with van der Waals surface area (Å²) >= 11 is 6.10. The Hall–Kier alpha value is -2.07. The van der Waals surface area contributed by atoms with E-state index in [1.54, 1.807) is 7.11 Å². The van der Waals surface area contributed by atoms with Crippen LogP contribution in [0.15, 0.2) is 36.7 Å². The van der Waals surface area contributed by atoms with Crippen LogP contribution >= 0.6 is 11.6 Å². The Kier molecular flexibility index (Phi) is 3.32. The van der Waals surface area contributed by atoms with Crippen molar-refractivity contribution in [3.63, 3.8) is 0 Å². The molecular formula is C15H14ClN3O. The van der Waals surface area contributed by atoms with Gasteiger partial charge in [0.05, 0.1) is 12.5 Å². The van der Waals surface area contributed by atoms with Crippen molar-refractivity contribution in [3.05, 3.63) is 53.1 Å². The molecule has 0 N–H and O–H groups in total. The fourth-order valence-corrected chi connectivity index (χ4v) is 2.45. The Morgan fingerprint density at radius 3 is 2.65 bits per heavy atom. The summed E-state index contributed by atoms with van der Waals surface area (Å²) in [4.78, 5) is 8.35. The molecule has 0 fully saturated rings. The van der Waals surface area contributed by atoms with E-state index in [0.29, 0.717) is 5.15 Å². The van der Waals surface area contributed by atoms with Gasteiger partial charge in [-0.3, -0.25) is 0 Å². The van der Waals surface area contributed by atoms with Gasteiger partial charge >= 0.3 is 0 Å². The highest BCUT2D eigenvalue weighted by Gasteiger charge is 2.10. The second kappa shape index (κ2) is 5.13. The largest absolute Gasteiger partial charge is 0.497 e. The van der Waals surface area contributed by atoms with Crippen molar-refractivity contribution in [2.45, 2.75) is 13.5 Å². The fraction of sp³-hybridized carbons (Fsp3) is 0.200. The first-order valence-electron chi connectivity index (χ1n) is 6.28. The molecule has 0 aliphatic rings. The fourth-order valence-electron chi connectivity index (χ4n) is 2.27. The molecule has 0 aliphatic carbocycles. The van der Waals surface area contributed by atoms with Gasteiger partial charge in [0.25, 0.3) is 0 Å². The predicted octanol–water partition coefficient (Wildman–Crippen LogP) is 3.45. The van der Waals surface area contributed by atoms with Crippen LogP contribution in [0.3, 0.4) is 0 Å². The highest BCUT2D eigenvalue weighted by atomic mass is 35.5. The van der Waals surface area contributed by atoms with E-state index in [1.165, 1.54) is 11.9 Å². The van der Waals surface area contributed by atoms with Gasteiger partial charge in [0.15, 0.2) is 0 Å². The normalized spacial score (nSPS) is 10.9. The van der Waals surface area contributed by atoms with Crippen LogP contribution in [0.4, 0.5) is 0 Å². The lowest BCUT2D eigenvalue weighted by Gasteiger charge is -2.08. The molecule has 0 unspecified atom stereocenters. The molecule has 2 heterocycles. The summed E-state index contributed by atoms with van der Waals surface area (Å²) in [6, 6.07) is 10.0. The zero-order valence-corrected chi connectivity index (χ0v) is 12.1. The van der Waals surface area contributed by atoms with Gasteiger partial charge in [-0.05, 0) is 30.7 Å². The van der Waals surface area contributed by atoms with E-state index >= 15 is 0 Å².